The number of benzene rings is 2. The highest BCUT2D eigenvalue weighted by molar-refractivity contribution is 5.99. The molecule has 31 heavy (non-hydrogen) atoms. The molecule has 1 fully saturated rings. The first kappa shape index (κ1) is 20.5. The number of nitrogens with one attached hydrogen (secondary N) is 2. The molecular formula is C24H25N5O2. The molecule has 0 unspecified atom stereocenters. The number of piperidine rings is 1. The fourth-order valence-electron chi connectivity index (χ4n) is 3.74. The van der Waals surface area contributed by atoms with Gasteiger partial charge in [0.05, 0.1) is 5.52 Å². The van der Waals surface area contributed by atoms with Crippen LogP contribution in [0.3, 0.4) is 0 Å². The van der Waals surface area contributed by atoms with Crippen molar-refractivity contribution in [3.8, 4) is 0 Å². The number of carbonyl (C=O) groups excluding carboxylic acids is 2. The summed E-state index contributed by atoms with van der Waals surface area (Å²) in [4.78, 5) is 35.3. The normalized spacial score (nSPS) is 16.0. The Hall–Kier alpha value is -3.74. The van der Waals surface area contributed by atoms with E-state index in [1.807, 2.05) is 36.2 Å². The molecule has 158 valence electrons. The van der Waals surface area contributed by atoms with Crippen molar-refractivity contribution >= 4 is 34.4 Å². The molecule has 7 nitrogen and oxygen atoms in total. The Morgan fingerprint density at radius 3 is 2.77 bits per heavy atom. The van der Waals surface area contributed by atoms with Crippen molar-refractivity contribution in [2.75, 3.05) is 23.7 Å². The first-order chi connectivity index (χ1) is 15.0. The highest BCUT2D eigenvalue weighted by Crippen LogP contribution is 2.19. The van der Waals surface area contributed by atoms with Gasteiger partial charge in [-0.15, -0.1) is 0 Å². The summed E-state index contributed by atoms with van der Waals surface area (Å²) in [5, 5.41) is 7.08. The number of hydrogen-bond donors (Lipinski definition) is 2. The van der Waals surface area contributed by atoms with E-state index >= 15 is 0 Å². The lowest BCUT2D eigenvalue weighted by Crippen LogP contribution is -2.45. The molecule has 0 bridgehead atoms. The number of carbonyl (C=O) groups is 2. The Kier molecular flexibility index (Phi) is 5.93. The van der Waals surface area contributed by atoms with Gasteiger partial charge in [0.15, 0.2) is 0 Å². The zero-order chi connectivity index (χ0) is 21.8. The Morgan fingerprint density at radius 1 is 1.19 bits per heavy atom. The second kappa shape index (κ2) is 8.95. The fourth-order valence-corrected chi connectivity index (χ4v) is 3.74. The maximum atomic E-state index is 13.0. The molecule has 1 aromatic heterocycles. The number of aromatic nitrogens is 2. The molecule has 4 rings (SSSR count). The van der Waals surface area contributed by atoms with Crippen LogP contribution in [0.1, 0.15) is 28.8 Å². The summed E-state index contributed by atoms with van der Waals surface area (Å²) in [6.45, 7) is 6.77. The molecule has 3 aromatic rings. The van der Waals surface area contributed by atoms with E-state index in [0.717, 1.165) is 29.3 Å². The van der Waals surface area contributed by atoms with Gasteiger partial charge in [0.2, 0.25) is 11.9 Å². The summed E-state index contributed by atoms with van der Waals surface area (Å²) in [5.41, 5.74) is 3.28. The largest absolute Gasteiger partial charge is 0.350 e. The van der Waals surface area contributed by atoms with Gasteiger partial charge in [-0.1, -0.05) is 18.7 Å². The first-order valence-electron chi connectivity index (χ1n) is 10.3. The molecule has 2 aromatic carbocycles. The van der Waals surface area contributed by atoms with Gasteiger partial charge in [-0.25, -0.2) is 9.97 Å². The number of rotatable bonds is 5. The summed E-state index contributed by atoms with van der Waals surface area (Å²) < 4.78 is 0. The molecule has 2 amide bonds. The van der Waals surface area contributed by atoms with E-state index in [4.69, 9.17) is 0 Å². The third kappa shape index (κ3) is 4.88. The van der Waals surface area contributed by atoms with Crippen LogP contribution >= 0.6 is 0 Å². The quantitative estimate of drug-likeness (QED) is 0.619. The number of nitrogens with zero attached hydrogens (tertiary/aromatic N) is 3. The summed E-state index contributed by atoms with van der Waals surface area (Å²) in [6.07, 6.45) is 4.89. The Labute approximate surface area is 181 Å². The summed E-state index contributed by atoms with van der Waals surface area (Å²) >= 11 is 0. The maximum Gasteiger partial charge on any atom is 0.253 e. The number of anilines is 2. The van der Waals surface area contributed by atoms with Gasteiger partial charge in [0, 0.05) is 42.0 Å². The van der Waals surface area contributed by atoms with Crippen LogP contribution in [0.25, 0.3) is 10.9 Å². The van der Waals surface area contributed by atoms with Gasteiger partial charge in [-0.05, 0) is 61.7 Å². The smallest absolute Gasteiger partial charge is 0.253 e. The average Bonchev–Trinajstić information content (AvgIpc) is 2.79. The molecule has 2 heterocycles. The lowest BCUT2D eigenvalue weighted by Gasteiger charge is -2.33. The monoisotopic (exact) mass is 415 g/mol. The van der Waals surface area contributed by atoms with Crippen molar-refractivity contribution in [1.29, 1.82) is 0 Å². The van der Waals surface area contributed by atoms with Crippen molar-refractivity contribution in [2.24, 2.45) is 0 Å². The van der Waals surface area contributed by atoms with Crippen molar-refractivity contribution < 1.29 is 9.59 Å². The lowest BCUT2D eigenvalue weighted by atomic mass is 10.0. The predicted octanol–water partition coefficient (Wildman–Crippen LogP) is 3.78. The molecule has 0 radical (unpaired) electrons. The molecule has 7 heteroatoms. The minimum absolute atomic E-state index is 0.0249. The van der Waals surface area contributed by atoms with Crippen molar-refractivity contribution in [3.05, 3.63) is 72.4 Å². The zero-order valence-electron chi connectivity index (χ0n) is 17.5. The Morgan fingerprint density at radius 2 is 2.00 bits per heavy atom. The number of amides is 2. The van der Waals surface area contributed by atoms with Gasteiger partial charge in [-0.2, -0.15) is 0 Å². The zero-order valence-corrected chi connectivity index (χ0v) is 17.5. The van der Waals surface area contributed by atoms with E-state index in [9.17, 15) is 9.59 Å². The van der Waals surface area contributed by atoms with Gasteiger partial charge >= 0.3 is 0 Å². The molecule has 0 saturated carbocycles. The van der Waals surface area contributed by atoms with Crippen LogP contribution in [0.2, 0.25) is 0 Å². The maximum absolute atomic E-state index is 13.0. The van der Waals surface area contributed by atoms with Crippen LogP contribution < -0.4 is 10.6 Å². The number of fused-ring (bicyclic) bond motifs is 1. The highest BCUT2D eigenvalue weighted by atomic mass is 16.2. The molecule has 1 aliphatic rings. The molecule has 2 N–H and O–H groups in total. The molecule has 1 aliphatic heterocycles. The van der Waals surface area contributed by atoms with Crippen molar-refractivity contribution in [1.82, 2.24) is 14.9 Å². The fraction of sp³-hybridized carbons (Fsp3) is 0.250. The molecule has 0 spiro atoms. The standard InChI is InChI=1S/C24H25N5O2/c1-3-22(30)26-19-10-8-17(9-11-19)23(31)29-12-4-5-20(15-29)27-24-25-14-18-7-6-16(2)13-21(18)28-24/h3,6-11,13-14,20H,1,4-5,12,15H2,2H3,(H,26,30)(H,25,27,28)/t20-/m0/s1. The third-order valence-electron chi connectivity index (χ3n) is 5.36. The van der Waals surface area contributed by atoms with Crippen LogP contribution in [0.4, 0.5) is 11.6 Å². The van der Waals surface area contributed by atoms with Crippen LogP contribution in [-0.2, 0) is 4.79 Å². The van der Waals surface area contributed by atoms with E-state index in [2.05, 4.69) is 27.2 Å². The number of hydrogen-bond acceptors (Lipinski definition) is 5. The molecular weight excluding hydrogens is 390 g/mol. The van der Waals surface area contributed by atoms with Crippen molar-refractivity contribution in [3.63, 3.8) is 0 Å². The van der Waals surface area contributed by atoms with Crippen LogP contribution in [0.15, 0.2) is 61.3 Å². The first-order valence-corrected chi connectivity index (χ1v) is 10.3. The summed E-state index contributed by atoms with van der Waals surface area (Å²) in [7, 11) is 0. The Bertz CT molecular complexity index is 1130. The van der Waals surface area contributed by atoms with Gasteiger partial charge in [0.1, 0.15) is 0 Å². The molecule has 1 atom stereocenters. The van der Waals surface area contributed by atoms with E-state index < -0.39 is 0 Å². The second-order valence-electron chi connectivity index (χ2n) is 7.76. The van der Waals surface area contributed by atoms with Crippen LogP contribution in [0, 0.1) is 6.92 Å². The van der Waals surface area contributed by atoms with Gasteiger partial charge in [-0.3, -0.25) is 9.59 Å². The summed E-state index contributed by atoms with van der Waals surface area (Å²) in [6, 6.07) is 13.1. The Balaban J connectivity index is 1.41. The van der Waals surface area contributed by atoms with Gasteiger partial charge in [0.25, 0.3) is 5.91 Å². The molecule has 1 saturated heterocycles. The minimum Gasteiger partial charge on any atom is -0.350 e. The average molecular weight is 415 g/mol. The topological polar surface area (TPSA) is 87.2 Å². The second-order valence-corrected chi connectivity index (χ2v) is 7.76. The third-order valence-corrected chi connectivity index (χ3v) is 5.36. The van der Waals surface area contributed by atoms with E-state index in [1.54, 1.807) is 24.3 Å². The summed E-state index contributed by atoms with van der Waals surface area (Å²) in [5.74, 6) is 0.276. The minimum atomic E-state index is -0.282. The predicted molar refractivity (Wildman–Crippen MR) is 122 cm³/mol. The number of aryl methyl sites for hydroxylation is 1. The van der Waals surface area contributed by atoms with E-state index in [1.165, 1.54) is 6.08 Å². The van der Waals surface area contributed by atoms with E-state index in [-0.39, 0.29) is 17.9 Å². The molecule has 0 aliphatic carbocycles. The van der Waals surface area contributed by atoms with Crippen LogP contribution in [-0.4, -0.2) is 45.8 Å². The van der Waals surface area contributed by atoms with Crippen molar-refractivity contribution in [2.45, 2.75) is 25.8 Å². The SMILES string of the molecule is C=CC(=O)Nc1ccc(C(=O)N2CCC[C@H](Nc3ncc4ccc(C)cc4n3)C2)cc1. The highest BCUT2D eigenvalue weighted by Gasteiger charge is 2.25. The van der Waals surface area contributed by atoms with E-state index in [0.29, 0.717) is 30.3 Å². The van der Waals surface area contributed by atoms with Crippen LogP contribution in [0.5, 0.6) is 0 Å². The lowest BCUT2D eigenvalue weighted by molar-refractivity contribution is -0.111. The van der Waals surface area contributed by atoms with Gasteiger partial charge < -0.3 is 15.5 Å². The number of likely N-dealkylation sites (tertiary alicyclic amines) is 1.